The molecule has 140 valence electrons. The van der Waals surface area contributed by atoms with Crippen molar-refractivity contribution in [2.45, 2.75) is 84.5 Å². The largest absolute Gasteiger partial charge is 0.207 e. The summed E-state index contributed by atoms with van der Waals surface area (Å²) in [6.45, 7) is 7.25. The normalized spacial score (nSPS) is 33.0. The average Bonchev–Trinajstić information content (AvgIpc) is 2.67. The Morgan fingerprint density at radius 3 is 1.80 bits per heavy atom. The zero-order valence-electron chi connectivity index (χ0n) is 16.5. The Balaban J connectivity index is 1.49. The third-order valence-electron chi connectivity index (χ3n) is 7.88. The monoisotopic (exact) mass is 344 g/mol. The van der Waals surface area contributed by atoms with Crippen LogP contribution in [-0.2, 0) is 0 Å². The molecular weight excluding hydrogens is 307 g/mol. The van der Waals surface area contributed by atoms with E-state index in [9.17, 15) is 4.39 Å². The lowest BCUT2D eigenvalue weighted by atomic mass is 9.65. The van der Waals surface area contributed by atoms with Gasteiger partial charge < -0.3 is 0 Å². The van der Waals surface area contributed by atoms with Gasteiger partial charge in [0.15, 0.2) is 0 Å². The van der Waals surface area contributed by atoms with Crippen LogP contribution in [0.15, 0.2) is 24.3 Å². The molecule has 0 nitrogen and oxygen atoms in total. The molecule has 0 amide bonds. The average molecular weight is 345 g/mol. The summed E-state index contributed by atoms with van der Waals surface area (Å²) in [6.07, 6.45) is 12.8. The highest BCUT2D eigenvalue weighted by molar-refractivity contribution is 5.20. The van der Waals surface area contributed by atoms with Crippen molar-refractivity contribution in [1.29, 1.82) is 0 Å². The molecule has 0 radical (unpaired) electrons. The van der Waals surface area contributed by atoms with Crippen molar-refractivity contribution in [2.75, 3.05) is 0 Å². The molecule has 0 aliphatic heterocycles. The van der Waals surface area contributed by atoms with Gasteiger partial charge in [0.25, 0.3) is 0 Å². The molecule has 1 aromatic rings. The standard InChI is InChI=1S/C24H37F/c1-4-19-5-7-20(8-6-19)17(2)21-9-11-22(12-10-21)18(3)23-13-15-24(25)16-14-23/h13-22H,4-12H2,1-3H3. The number of hydrogen-bond acceptors (Lipinski definition) is 0. The summed E-state index contributed by atoms with van der Waals surface area (Å²) >= 11 is 0. The van der Waals surface area contributed by atoms with Crippen LogP contribution in [-0.4, -0.2) is 0 Å². The van der Waals surface area contributed by atoms with Crippen LogP contribution >= 0.6 is 0 Å². The summed E-state index contributed by atoms with van der Waals surface area (Å²) in [5.41, 5.74) is 1.32. The van der Waals surface area contributed by atoms with E-state index in [1.54, 1.807) is 12.1 Å². The lowest BCUT2D eigenvalue weighted by Crippen LogP contribution is -2.29. The first kappa shape index (κ1) is 18.9. The van der Waals surface area contributed by atoms with Crippen LogP contribution in [0.4, 0.5) is 4.39 Å². The van der Waals surface area contributed by atoms with Gasteiger partial charge in [-0.25, -0.2) is 4.39 Å². The third-order valence-corrected chi connectivity index (χ3v) is 7.88. The van der Waals surface area contributed by atoms with E-state index < -0.39 is 0 Å². The first-order valence-electron chi connectivity index (χ1n) is 10.8. The zero-order chi connectivity index (χ0) is 17.8. The van der Waals surface area contributed by atoms with Gasteiger partial charge in [-0.2, -0.15) is 0 Å². The molecule has 0 spiro atoms. The minimum Gasteiger partial charge on any atom is -0.207 e. The van der Waals surface area contributed by atoms with Gasteiger partial charge in [0.1, 0.15) is 5.82 Å². The molecule has 2 unspecified atom stereocenters. The van der Waals surface area contributed by atoms with Crippen molar-refractivity contribution >= 4 is 0 Å². The fourth-order valence-electron chi connectivity index (χ4n) is 5.72. The van der Waals surface area contributed by atoms with Gasteiger partial charge in [0.2, 0.25) is 0 Å². The number of halogens is 1. The number of rotatable bonds is 5. The van der Waals surface area contributed by atoms with Crippen LogP contribution in [0.1, 0.15) is 90.0 Å². The molecule has 1 aromatic carbocycles. The van der Waals surface area contributed by atoms with Crippen LogP contribution < -0.4 is 0 Å². The summed E-state index contributed by atoms with van der Waals surface area (Å²) in [7, 11) is 0. The Bertz CT molecular complexity index is 503. The summed E-state index contributed by atoms with van der Waals surface area (Å²) in [5.74, 6) is 5.09. The molecule has 2 saturated carbocycles. The van der Waals surface area contributed by atoms with Gasteiger partial charge in [-0.05, 0) is 91.7 Å². The van der Waals surface area contributed by atoms with Crippen LogP contribution in [0, 0.1) is 35.4 Å². The fraction of sp³-hybridized carbons (Fsp3) is 0.750. The molecule has 2 aliphatic rings. The first-order valence-corrected chi connectivity index (χ1v) is 10.8. The Morgan fingerprint density at radius 2 is 1.28 bits per heavy atom. The zero-order valence-corrected chi connectivity index (χ0v) is 16.5. The van der Waals surface area contributed by atoms with E-state index in [4.69, 9.17) is 0 Å². The van der Waals surface area contributed by atoms with Gasteiger partial charge >= 0.3 is 0 Å². The predicted molar refractivity (Wildman–Crippen MR) is 105 cm³/mol. The van der Waals surface area contributed by atoms with Crippen LogP contribution in [0.3, 0.4) is 0 Å². The molecule has 0 saturated heterocycles. The molecule has 3 rings (SSSR count). The fourth-order valence-corrected chi connectivity index (χ4v) is 5.72. The number of benzene rings is 1. The smallest absolute Gasteiger partial charge is 0.123 e. The second-order valence-electron chi connectivity index (χ2n) is 9.06. The van der Waals surface area contributed by atoms with Crippen molar-refractivity contribution in [1.82, 2.24) is 0 Å². The van der Waals surface area contributed by atoms with Crippen molar-refractivity contribution in [3.8, 4) is 0 Å². The van der Waals surface area contributed by atoms with Gasteiger partial charge in [-0.3, -0.25) is 0 Å². The van der Waals surface area contributed by atoms with Gasteiger partial charge in [0, 0.05) is 0 Å². The maximum absolute atomic E-state index is 13.2. The van der Waals surface area contributed by atoms with Crippen molar-refractivity contribution in [3.63, 3.8) is 0 Å². The minimum absolute atomic E-state index is 0.119. The van der Waals surface area contributed by atoms with Crippen molar-refractivity contribution < 1.29 is 4.39 Å². The summed E-state index contributed by atoms with van der Waals surface area (Å²) < 4.78 is 13.2. The molecule has 0 N–H and O–H groups in total. The van der Waals surface area contributed by atoms with E-state index in [1.165, 1.54) is 63.4 Å². The molecule has 1 heteroatoms. The van der Waals surface area contributed by atoms with E-state index in [2.05, 4.69) is 20.8 Å². The number of hydrogen-bond donors (Lipinski definition) is 0. The SMILES string of the molecule is CCC1CCC(C(C)C2CCC(C(C)c3ccc(F)cc3)CC2)CC1. The Morgan fingerprint density at radius 1 is 0.800 bits per heavy atom. The van der Waals surface area contributed by atoms with Crippen LogP contribution in [0.2, 0.25) is 0 Å². The Hall–Kier alpha value is -0.850. The van der Waals surface area contributed by atoms with E-state index in [1.807, 2.05) is 12.1 Å². The molecular formula is C24H37F. The van der Waals surface area contributed by atoms with Gasteiger partial charge in [0.05, 0.1) is 0 Å². The van der Waals surface area contributed by atoms with E-state index in [-0.39, 0.29) is 5.82 Å². The third kappa shape index (κ3) is 4.66. The predicted octanol–water partition coefficient (Wildman–Crippen LogP) is 7.59. The molecule has 0 bridgehead atoms. The Labute approximate surface area is 154 Å². The first-order chi connectivity index (χ1) is 12.1. The van der Waals surface area contributed by atoms with Crippen LogP contribution in [0.25, 0.3) is 0 Å². The second kappa shape index (κ2) is 8.69. The minimum atomic E-state index is -0.119. The van der Waals surface area contributed by atoms with Gasteiger partial charge in [-0.15, -0.1) is 0 Å². The highest BCUT2D eigenvalue weighted by Gasteiger charge is 2.33. The topological polar surface area (TPSA) is 0 Å². The van der Waals surface area contributed by atoms with E-state index >= 15 is 0 Å². The summed E-state index contributed by atoms with van der Waals surface area (Å²) in [6, 6.07) is 7.21. The molecule has 2 aliphatic carbocycles. The van der Waals surface area contributed by atoms with E-state index in [0.29, 0.717) is 5.92 Å². The highest BCUT2D eigenvalue weighted by Crippen LogP contribution is 2.45. The maximum Gasteiger partial charge on any atom is 0.123 e. The van der Waals surface area contributed by atoms with Crippen molar-refractivity contribution in [3.05, 3.63) is 35.6 Å². The molecule has 2 atom stereocenters. The summed E-state index contributed by atoms with van der Waals surface area (Å²) in [5, 5.41) is 0. The second-order valence-corrected chi connectivity index (χ2v) is 9.06. The van der Waals surface area contributed by atoms with Crippen LogP contribution in [0.5, 0.6) is 0 Å². The molecule has 0 aromatic heterocycles. The molecule has 0 heterocycles. The van der Waals surface area contributed by atoms with Gasteiger partial charge in [-0.1, -0.05) is 52.2 Å². The van der Waals surface area contributed by atoms with Crippen molar-refractivity contribution in [2.24, 2.45) is 29.6 Å². The quantitative estimate of drug-likeness (QED) is 0.516. The maximum atomic E-state index is 13.2. The molecule has 25 heavy (non-hydrogen) atoms. The summed E-state index contributed by atoms with van der Waals surface area (Å²) in [4.78, 5) is 0. The lowest BCUT2D eigenvalue weighted by molar-refractivity contribution is 0.119. The highest BCUT2D eigenvalue weighted by atomic mass is 19.1. The lowest BCUT2D eigenvalue weighted by Gasteiger charge is -2.40. The molecule has 2 fully saturated rings. The van der Waals surface area contributed by atoms with E-state index in [0.717, 1.165) is 29.6 Å². The Kier molecular flexibility index (Phi) is 6.58.